The molecule has 0 saturated carbocycles. The Bertz CT molecular complexity index is 3440. The number of rotatable bonds is 15. The summed E-state index contributed by atoms with van der Waals surface area (Å²) in [6.45, 7) is 6.54. The first kappa shape index (κ1) is 90.2. The summed E-state index contributed by atoms with van der Waals surface area (Å²) >= 11 is 0. The first-order valence-corrected chi connectivity index (χ1v) is 37.2. The van der Waals surface area contributed by atoms with Crippen LogP contribution in [0.15, 0.2) is 102 Å². The number of aliphatic hydroxyl groups excluding tert-OH is 13. The van der Waals surface area contributed by atoms with Crippen LogP contribution < -0.4 is 16.0 Å². The summed E-state index contributed by atoms with van der Waals surface area (Å²) in [5.41, 5.74) is 4.63. The van der Waals surface area contributed by atoms with Gasteiger partial charge < -0.3 is 87.2 Å². The zero-order chi connectivity index (χ0) is 78.5. The zero-order valence-corrected chi connectivity index (χ0v) is 59.7. The number of piperidine rings is 6. The van der Waals surface area contributed by atoms with Crippen LogP contribution in [0.4, 0.5) is 48.7 Å². The number of carbonyl (C=O) groups excluding carboxylic acids is 1. The van der Waals surface area contributed by atoms with Gasteiger partial charge in [-0.3, -0.25) is 4.90 Å². The number of nitrogens with zero attached hydrogens (tertiary/aromatic N) is 4. The van der Waals surface area contributed by atoms with Gasteiger partial charge in [-0.25, -0.2) is 65.5 Å². The van der Waals surface area contributed by atoms with Crippen LogP contribution in [0, 0.1) is 61.0 Å². The summed E-state index contributed by atoms with van der Waals surface area (Å²) < 4.78 is 175. The van der Waals surface area contributed by atoms with Crippen LogP contribution >= 0.6 is 0 Å². The van der Waals surface area contributed by atoms with Crippen LogP contribution in [0.25, 0.3) is 0 Å². The second-order valence-corrected chi connectivity index (χ2v) is 30.9. The predicted octanol–water partition coefficient (Wildman–Crippen LogP) is 1.02. The van der Waals surface area contributed by atoms with Crippen LogP contribution in [0.1, 0.15) is 47.3 Å². The summed E-state index contributed by atoms with van der Waals surface area (Å²) in [6, 6.07) is 25.1. The predicted molar refractivity (Wildman–Crippen MR) is 362 cm³/mol. The summed E-state index contributed by atoms with van der Waals surface area (Å²) in [7, 11) is -7.59. The molecule has 25 nitrogen and oxygen atoms in total. The number of sulfonamides is 2. The lowest BCUT2D eigenvalue weighted by Gasteiger charge is -2.38. The highest BCUT2D eigenvalue weighted by Crippen LogP contribution is 2.32. The fraction of sp³-hybridized carbons (Fsp3) is 0.632. The van der Waals surface area contributed by atoms with E-state index in [9.17, 15) is 132 Å². The summed E-state index contributed by atoms with van der Waals surface area (Å²) in [5.74, 6) is -6.92. The molecule has 105 heavy (non-hydrogen) atoms. The first-order valence-electron chi connectivity index (χ1n) is 33.9. The zero-order valence-electron chi connectivity index (χ0n) is 58.1. The molecule has 0 bridgehead atoms. The van der Waals surface area contributed by atoms with Crippen molar-refractivity contribution in [3.63, 3.8) is 0 Å². The quantitative estimate of drug-likeness (QED) is 0.0739. The van der Waals surface area contributed by atoms with E-state index >= 15 is 0 Å². The molecule has 6 heterocycles. The molecule has 0 aliphatic carbocycles. The minimum Gasteiger partial charge on any atom is -0.390 e. The minimum atomic E-state index is -3.97. The van der Waals surface area contributed by atoms with Gasteiger partial charge in [-0.1, -0.05) is 78.7 Å². The Kier molecular flexibility index (Phi) is 36.1. The first-order chi connectivity index (χ1) is 49.2. The van der Waals surface area contributed by atoms with E-state index in [2.05, 4.69) is 47.1 Å². The van der Waals surface area contributed by atoms with Crippen molar-refractivity contribution in [2.45, 2.75) is 150 Å². The molecular weight excluding hydrogens is 1460 g/mol. The third-order valence-electron chi connectivity index (χ3n) is 18.7. The van der Waals surface area contributed by atoms with E-state index in [1.54, 1.807) is 36.1 Å². The van der Waals surface area contributed by atoms with Gasteiger partial charge in [-0.15, -0.1) is 0 Å². The second-order valence-electron chi connectivity index (χ2n) is 26.9. The van der Waals surface area contributed by atoms with Crippen molar-refractivity contribution >= 4 is 26.1 Å². The summed E-state index contributed by atoms with van der Waals surface area (Å²) in [5, 5.41) is 133. The lowest BCUT2D eigenvalue weighted by molar-refractivity contribution is -0.118. The molecule has 16 N–H and O–H groups in total. The van der Waals surface area contributed by atoms with Gasteiger partial charge in [0.15, 0.2) is 0 Å². The van der Waals surface area contributed by atoms with E-state index in [4.69, 9.17) is 0 Å². The molecule has 6 saturated heterocycles. The third kappa shape index (κ3) is 27.0. The Balaban J connectivity index is 0.000000227. The maximum absolute atomic E-state index is 12.9. The molecule has 4 aromatic carbocycles. The molecule has 4 aromatic rings. The number of carbonyl (C=O) groups is 1. The van der Waals surface area contributed by atoms with Crippen molar-refractivity contribution in [2.24, 2.45) is 35.5 Å². The van der Waals surface area contributed by atoms with Crippen LogP contribution in [-0.4, -0.2) is 298 Å². The Morgan fingerprint density at radius 2 is 0.876 bits per heavy atom. The van der Waals surface area contributed by atoms with E-state index in [1.165, 1.54) is 59.7 Å². The van der Waals surface area contributed by atoms with Crippen molar-refractivity contribution in [3.8, 4) is 0 Å². The Hall–Kier alpha value is -5.37. The lowest BCUT2D eigenvalue weighted by atomic mass is 9.86. The van der Waals surface area contributed by atoms with Crippen LogP contribution in [0.5, 0.6) is 0 Å². The maximum Gasteiger partial charge on any atom is 0.317 e. The van der Waals surface area contributed by atoms with Gasteiger partial charge in [-0.2, -0.15) is 8.61 Å². The molecule has 37 heteroatoms. The molecule has 1 unspecified atom stereocenters. The molecule has 0 radical (unpaired) electrons. The number of β-amino-alcohol motifs (C(OH)–C–C–N with tert-alkyl or cyclic N) is 6. The average Bonchev–Trinajstić information content (AvgIpc) is 0.788. The Labute approximate surface area is 603 Å². The number of amides is 2. The number of halogens is 10. The molecule has 6 fully saturated rings. The number of urea groups is 1. The fourth-order valence-electron chi connectivity index (χ4n) is 12.3. The van der Waals surface area contributed by atoms with Gasteiger partial charge >= 0.3 is 6.03 Å². The van der Waals surface area contributed by atoms with Crippen LogP contribution in [-0.2, 0) is 33.0 Å². The number of aryl methyl sites for hydroxylation is 2. The molecule has 0 spiro atoms. The lowest BCUT2D eigenvalue weighted by Crippen LogP contribution is -2.58. The van der Waals surface area contributed by atoms with Crippen LogP contribution in [0.2, 0.25) is 0 Å². The van der Waals surface area contributed by atoms with E-state index in [0.29, 0.717) is 38.3 Å². The second kappa shape index (κ2) is 42.0. The average molecular weight is 1560 g/mol. The van der Waals surface area contributed by atoms with Gasteiger partial charge in [-0.05, 0) is 79.8 Å². The molecule has 19 atom stereocenters. The fourth-order valence-corrected chi connectivity index (χ4v) is 14.6. The number of likely N-dealkylation sites (tertiary alicyclic amines) is 2. The number of nitrogens with one attached hydrogen (secondary N) is 3. The molecular formula is C68H99F10N7O18S2. The van der Waals surface area contributed by atoms with Crippen molar-refractivity contribution in [2.75, 3.05) is 91.3 Å². The molecule has 6 aliphatic rings. The largest absolute Gasteiger partial charge is 0.390 e. The molecule has 6 aliphatic heterocycles. The Morgan fingerprint density at radius 1 is 0.476 bits per heavy atom. The van der Waals surface area contributed by atoms with E-state index < -0.39 is 180 Å². The van der Waals surface area contributed by atoms with Crippen LogP contribution in [0.3, 0.4) is 0 Å². The van der Waals surface area contributed by atoms with Crippen molar-refractivity contribution in [3.05, 3.63) is 137 Å². The number of benzene rings is 4. The standard InChI is InChI=1S/C13H16F3NO2.C13H17F2NO4S.C13H19NO2.C12H16FNO3.C10H18F2N2O3.C7H13F2NO4S/c14-9-3-1-8(2-4-9)5-17-6-10(13(15)16)12(19)11(18)7-17;1-8-2-4-9(5-3-8)21(19,20)16-6-10(13(14)15)12(18)11(17)7-16;1-9-2-4-10(5-3-9)6-11-7-14-8-12(15)13(11)16;13-8-3-1-7(2-4-8)11(16)9-5-14-6-10(15)12(9)17;1-2-3-13-10(17)14-4-6(9(11)12)8(16)7(15)5-14;1-15(13,14)10-2-4(7(8)9)6(12)5(11)3-10/h1-4,10-13,18-19H,5-7H2;2-5,10-13,17-18H,6-7H2,1H3;2-5,11-16H,6-8H2,1H3;1-4,9-12,14-17H,5-6H2;6-9,15-16H,2-5H2,1H3,(H,13,17);4-7,11-12H,2-3H2,1H3/t2*10-,11+,12+;11-,12+,13+;9-,10-,11?,12-;6-,7+,8+;4-,5+,6+/m000100/s1. The van der Waals surface area contributed by atoms with Crippen molar-refractivity contribution in [1.82, 2.24) is 34.4 Å². The monoisotopic (exact) mass is 1560 g/mol. The van der Waals surface area contributed by atoms with E-state index in [-0.39, 0.29) is 55.2 Å². The smallest absolute Gasteiger partial charge is 0.317 e. The van der Waals surface area contributed by atoms with Gasteiger partial charge in [0.1, 0.15) is 11.6 Å². The Morgan fingerprint density at radius 3 is 1.36 bits per heavy atom. The van der Waals surface area contributed by atoms with Crippen molar-refractivity contribution < 1.29 is 132 Å². The number of alkyl halides is 8. The molecule has 596 valence electrons. The third-order valence-corrected chi connectivity index (χ3v) is 21.8. The number of aliphatic hydroxyl groups is 13. The van der Waals surface area contributed by atoms with Gasteiger partial charge in [0, 0.05) is 96.9 Å². The van der Waals surface area contributed by atoms with E-state index in [1.807, 2.05) is 6.92 Å². The summed E-state index contributed by atoms with van der Waals surface area (Å²) in [6.07, 6.45) is -24.4. The molecule has 2 amide bonds. The number of hydrogen-bond acceptors (Lipinski definition) is 21. The van der Waals surface area contributed by atoms with Crippen molar-refractivity contribution in [1.29, 1.82) is 0 Å². The highest BCUT2D eigenvalue weighted by molar-refractivity contribution is 7.89. The van der Waals surface area contributed by atoms with Gasteiger partial charge in [0.25, 0.3) is 0 Å². The summed E-state index contributed by atoms with van der Waals surface area (Å²) in [4.78, 5) is 14.3. The minimum absolute atomic E-state index is 0.00721. The topological polar surface area (TPSA) is 397 Å². The van der Waals surface area contributed by atoms with Gasteiger partial charge in [0.2, 0.25) is 45.7 Å². The van der Waals surface area contributed by atoms with E-state index in [0.717, 1.165) is 50.3 Å². The molecule has 10 rings (SSSR count). The highest BCUT2D eigenvalue weighted by atomic mass is 32.2. The van der Waals surface area contributed by atoms with Gasteiger partial charge in [0.05, 0.1) is 121 Å². The maximum atomic E-state index is 12.9. The highest BCUT2D eigenvalue weighted by Gasteiger charge is 2.46. The normalized spacial score (nSPS) is 30.2. The SMILES string of the molecule is CCCNC(=O)N1C[C@@H](O)[C@H](O)[C@@H](C(F)F)C1.CS(=O)(=O)N1C[C@@H](O)[C@H](O)[C@@H](C(F)F)C1.Cc1ccc(C[C@H]2CNC[C@@H](O)[C@@H]2O)cc1.Cc1ccc(S(=O)(=O)N2C[C@@H](O)[C@H](O)[C@@H](C(F)F)C2)cc1.OC(c1ccc(F)cc1)[C@H]1CNC[C@@H](O)[C@@H]1O.O[C@H]1[C@H](O)CN(Cc2ccc(F)cc2)C[C@@H]1C(F)F. The number of hydrogen-bond donors (Lipinski definition) is 16. The molecule has 0 aromatic heterocycles.